The molecule has 4 heteroatoms. The number of carbonyl (C=O) groups is 1. The van der Waals surface area contributed by atoms with Gasteiger partial charge in [-0.05, 0) is 58.1 Å². The van der Waals surface area contributed by atoms with Gasteiger partial charge in [0.15, 0.2) is 5.52 Å². The molecule has 0 aromatic heterocycles. The van der Waals surface area contributed by atoms with Gasteiger partial charge in [-0.15, -0.1) is 0 Å². The van der Waals surface area contributed by atoms with Crippen molar-refractivity contribution in [3.05, 3.63) is 22.8 Å². The molecule has 0 bridgehead atoms. The highest BCUT2D eigenvalue weighted by Gasteiger charge is 2.25. The van der Waals surface area contributed by atoms with Crippen LogP contribution in [0.5, 0.6) is 11.5 Å². The molecule has 0 saturated heterocycles. The summed E-state index contributed by atoms with van der Waals surface area (Å²) in [6, 6.07) is 2.01. The summed E-state index contributed by atoms with van der Waals surface area (Å²) in [5, 5.41) is 0. The van der Waals surface area contributed by atoms with E-state index in [1.54, 1.807) is 14.2 Å². The molecule has 0 spiro atoms. The lowest BCUT2D eigenvalue weighted by Gasteiger charge is -2.22. The molecule has 3 nitrogen and oxygen atoms in total. The van der Waals surface area contributed by atoms with Gasteiger partial charge in [0.2, 0.25) is 0 Å². The van der Waals surface area contributed by atoms with Crippen LogP contribution in [0.4, 0.5) is 0 Å². The normalized spacial score (nSPS) is 16.4. The van der Waals surface area contributed by atoms with E-state index < -0.39 is 0 Å². The minimum Gasteiger partial charge on any atom is -0.496 e. The average molecular weight is 308 g/mol. The number of methoxy groups -OCH3 is 2. The highest BCUT2D eigenvalue weighted by molar-refractivity contribution is 7.59. The molecule has 1 fully saturated rings. The van der Waals surface area contributed by atoms with Gasteiger partial charge in [0.1, 0.15) is 17.1 Å². The first-order chi connectivity index (χ1) is 10.1. The number of carbonyl (C=O) groups excluding carboxylic acids is 1. The van der Waals surface area contributed by atoms with Gasteiger partial charge in [-0.2, -0.15) is 0 Å². The average Bonchev–Trinajstić information content (AvgIpc) is 2.47. The first kappa shape index (κ1) is 16.3. The van der Waals surface area contributed by atoms with Crippen molar-refractivity contribution in [1.29, 1.82) is 0 Å². The van der Waals surface area contributed by atoms with Crippen LogP contribution in [-0.2, 0) is 0 Å². The monoisotopic (exact) mass is 308 g/mol. The summed E-state index contributed by atoms with van der Waals surface area (Å²) in [4.78, 5) is 12.8. The summed E-state index contributed by atoms with van der Waals surface area (Å²) in [6.07, 6.45) is 6.18. The van der Waals surface area contributed by atoms with Gasteiger partial charge in [0.05, 0.1) is 14.2 Å². The fourth-order valence-electron chi connectivity index (χ4n) is 3.19. The zero-order valence-electron chi connectivity index (χ0n) is 13.4. The molecule has 0 N–H and O–H groups in total. The Hall–Kier alpha value is -1.08. The van der Waals surface area contributed by atoms with E-state index in [-0.39, 0.29) is 5.52 Å². The molecule has 1 saturated carbocycles. The Morgan fingerprint density at radius 1 is 1.05 bits per heavy atom. The Bertz CT molecular complexity index is 491. The highest BCUT2D eigenvalue weighted by atomic mass is 31.1. The predicted molar refractivity (Wildman–Crippen MR) is 88.5 cm³/mol. The van der Waals surface area contributed by atoms with Crippen molar-refractivity contribution in [2.45, 2.75) is 51.6 Å². The summed E-state index contributed by atoms with van der Waals surface area (Å²) >= 11 is 0. The molecule has 1 unspecified atom stereocenters. The van der Waals surface area contributed by atoms with Crippen molar-refractivity contribution >= 4 is 14.1 Å². The number of benzene rings is 1. The number of hydrogen-bond donors (Lipinski definition) is 0. The Kier molecular flexibility index (Phi) is 5.64. The summed E-state index contributed by atoms with van der Waals surface area (Å²) in [5.74, 6) is 1.34. The molecule has 2 rings (SSSR count). The molecule has 0 heterocycles. The molecule has 0 aliphatic heterocycles. The lowest BCUT2D eigenvalue weighted by molar-refractivity contribution is 0.107. The fraction of sp³-hybridized carbons (Fsp3) is 0.588. The maximum Gasteiger partial charge on any atom is 0.188 e. The van der Waals surface area contributed by atoms with Crippen molar-refractivity contribution in [3.8, 4) is 11.5 Å². The molecule has 1 atom stereocenters. The maximum absolute atomic E-state index is 12.8. The SMILES string of the molecule is COc1c(C)cc(C)c(OC)c1C(=O)PC1CCCCC1. The van der Waals surface area contributed by atoms with Crippen molar-refractivity contribution in [2.24, 2.45) is 0 Å². The molecular weight excluding hydrogens is 283 g/mol. The smallest absolute Gasteiger partial charge is 0.188 e. The van der Waals surface area contributed by atoms with E-state index in [2.05, 4.69) is 0 Å². The van der Waals surface area contributed by atoms with Crippen LogP contribution in [0.15, 0.2) is 6.07 Å². The summed E-state index contributed by atoms with van der Waals surface area (Å²) < 4.78 is 11.0. The van der Waals surface area contributed by atoms with Crippen LogP contribution in [0.3, 0.4) is 0 Å². The Morgan fingerprint density at radius 2 is 1.57 bits per heavy atom. The van der Waals surface area contributed by atoms with Crippen molar-refractivity contribution < 1.29 is 14.3 Å². The van der Waals surface area contributed by atoms with E-state index in [0.29, 0.717) is 31.3 Å². The minimum absolute atomic E-state index is 0.183. The lowest BCUT2D eigenvalue weighted by Crippen LogP contribution is -2.11. The predicted octanol–water partition coefficient (Wildman–Crippen LogP) is 4.47. The maximum atomic E-state index is 12.8. The molecule has 116 valence electrons. The van der Waals surface area contributed by atoms with Gasteiger partial charge in [-0.25, -0.2) is 0 Å². The fourth-order valence-corrected chi connectivity index (χ4v) is 4.63. The molecular formula is C17H25O3P. The van der Waals surface area contributed by atoms with Gasteiger partial charge in [0, 0.05) is 0 Å². The third-order valence-electron chi connectivity index (χ3n) is 4.18. The first-order valence-corrected chi connectivity index (χ1v) is 8.69. The van der Waals surface area contributed by atoms with E-state index in [1.165, 1.54) is 32.1 Å². The second-order valence-corrected chi connectivity index (χ2v) is 7.32. The lowest BCUT2D eigenvalue weighted by atomic mass is 10.0. The zero-order chi connectivity index (χ0) is 15.4. The van der Waals surface area contributed by atoms with Gasteiger partial charge in [0.25, 0.3) is 0 Å². The number of hydrogen-bond acceptors (Lipinski definition) is 3. The molecule has 0 amide bonds. The summed E-state index contributed by atoms with van der Waals surface area (Å²) in [5.41, 5.74) is 3.35. The molecule has 1 aliphatic carbocycles. The standard InChI is InChI=1S/C17H25O3P/c1-11-10-12(2)16(20-4)14(15(11)19-3)17(18)21-13-8-6-5-7-9-13/h10,13,21H,5-9H2,1-4H3. The third kappa shape index (κ3) is 3.58. The van der Waals surface area contributed by atoms with E-state index in [9.17, 15) is 4.79 Å². The van der Waals surface area contributed by atoms with E-state index >= 15 is 0 Å². The molecule has 21 heavy (non-hydrogen) atoms. The van der Waals surface area contributed by atoms with E-state index in [1.807, 2.05) is 19.9 Å². The van der Waals surface area contributed by atoms with Crippen LogP contribution in [0, 0.1) is 13.8 Å². The van der Waals surface area contributed by atoms with Gasteiger partial charge < -0.3 is 9.47 Å². The van der Waals surface area contributed by atoms with Gasteiger partial charge in [-0.3, -0.25) is 4.79 Å². The van der Waals surface area contributed by atoms with Crippen molar-refractivity contribution in [1.82, 2.24) is 0 Å². The van der Waals surface area contributed by atoms with Crippen LogP contribution < -0.4 is 9.47 Å². The van der Waals surface area contributed by atoms with Crippen molar-refractivity contribution in [3.63, 3.8) is 0 Å². The second kappa shape index (κ2) is 7.26. The van der Waals surface area contributed by atoms with E-state index in [0.717, 1.165) is 11.1 Å². The zero-order valence-corrected chi connectivity index (χ0v) is 14.4. The number of aryl methyl sites for hydroxylation is 2. The van der Waals surface area contributed by atoms with E-state index in [4.69, 9.17) is 9.47 Å². The summed E-state index contributed by atoms with van der Waals surface area (Å²) in [6.45, 7) is 3.96. The largest absolute Gasteiger partial charge is 0.496 e. The van der Waals surface area contributed by atoms with Crippen LogP contribution in [0.25, 0.3) is 0 Å². The summed E-state index contributed by atoms with van der Waals surface area (Å²) in [7, 11) is 3.57. The van der Waals surface area contributed by atoms with Gasteiger partial charge >= 0.3 is 0 Å². The Balaban J connectivity index is 2.33. The molecule has 1 aromatic rings. The van der Waals surface area contributed by atoms with Crippen LogP contribution in [-0.4, -0.2) is 25.4 Å². The third-order valence-corrected chi connectivity index (χ3v) is 5.68. The number of ether oxygens (including phenoxy) is 2. The van der Waals surface area contributed by atoms with Gasteiger partial charge in [-0.1, -0.05) is 19.3 Å². The van der Waals surface area contributed by atoms with Crippen LogP contribution in [0.2, 0.25) is 0 Å². The number of rotatable bonds is 5. The molecule has 1 aromatic carbocycles. The molecule has 1 aliphatic rings. The Labute approximate surface area is 129 Å². The van der Waals surface area contributed by atoms with Crippen LogP contribution in [0.1, 0.15) is 53.6 Å². The van der Waals surface area contributed by atoms with Crippen LogP contribution >= 0.6 is 8.58 Å². The molecule has 0 radical (unpaired) electrons. The highest BCUT2D eigenvalue weighted by Crippen LogP contribution is 2.42. The topological polar surface area (TPSA) is 35.5 Å². The first-order valence-electron chi connectivity index (χ1n) is 7.61. The second-order valence-electron chi connectivity index (χ2n) is 5.76. The van der Waals surface area contributed by atoms with Crippen molar-refractivity contribution in [2.75, 3.05) is 14.2 Å². The quantitative estimate of drug-likeness (QED) is 0.753. The minimum atomic E-state index is 0.183. The Morgan fingerprint density at radius 3 is 2.05 bits per heavy atom.